The molecular weight excluding hydrogens is 226 g/mol. The molecule has 1 saturated carbocycles. The van der Waals surface area contributed by atoms with Crippen LogP contribution in [0.4, 0.5) is 0 Å². The Labute approximate surface area is 109 Å². The Balaban J connectivity index is 1.92. The van der Waals surface area contributed by atoms with E-state index in [1.165, 1.54) is 25.7 Å². The number of carbonyl (C=O) groups is 1. The molecular formula is C14H23N3O. The number of H-pyrrole nitrogens is 1. The third kappa shape index (κ3) is 3.34. The van der Waals surface area contributed by atoms with Gasteiger partial charge in [-0.05, 0) is 19.3 Å². The number of aromatic nitrogens is 2. The second-order valence-corrected chi connectivity index (χ2v) is 5.13. The summed E-state index contributed by atoms with van der Waals surface area (Å²) in [5.74, 6) is 1.27. The van der Waals surface area contributed by atoms with Crippen LogP contribution in [0.5, 0.6) is 0 Å². The van der Waals surface area contributed by atoms with Crippen molar-refractivity contribution in [1.82, 2.24) is 15.3 Å². The monoisotopic (exact) mass is 249 g/mol. The summed E-state index contributed by atoms with van der Waals surface area (Å²) in [6, 6.07) is 0.0238. The van der Waals surface area contributed by atoms with Crippen molar-refractivity contribution < 1.29 is 4.79 Å². The fourth-order valence-electron chi connectivity index (χ4n) is 2.66. The van der Waals surface area contributed by atoms with Gasteiger partial charge in [0.15, 0.2) is 0 Å². The summed E-state index contributed by atoms with van der Waals surface area (Å²) >= 11 is 0. The average molecular weight is 249 g/mol. The molecule has 2 N–H and O–H groups in total. The number of rotatable bonds is 4. The second-order valence-electron chi connectivity index (χ2n) is 5.13. The summed E-state index contributed by atoms with van der Waals surface area (Å²) < 4.78 is 0. The molecule has 1 amide bonds. The van der Waals surface area contributed by atoms with E-state index in [-0.39, 0.29) is 17.9 Å². The molecule has 0 aliphatic heterocycles. The summed E-state index contributed by atoms with van der Waals surface area (Å²) in [5.41, 5.74) is 0. The van der Waals surface area contributed by atoms with Gasteiger partial charge in [-0.2, -0.15) is 0 Å². The molecule has 2 rings (SSSR count). The first kappa shape index (κ1) is 13.1. The number of nitrogens with one attached hydrogen (secondary N) is 2. The number of carbonyl (C=O) groups excluding carboxylic acids is 1. The Kier molecular flexibility index (Phi) is 4.79. The van der Waals surface area contributed by atoms with E-state index >= 15 is 0 Å². The van der Waals surface area contributed by atoms with Crippen molar-refractivity contribution >= 4 is 5.91 Å². The van der Waals surface area contributed by atoms with Crippen molar-refractivity contribution in [3.8, 4) is 0 Å². The quantitative estimate of drug-likeness (QED) is 0.806. The molecule has 1 aliphatic rings. The zero-order valence-corrected chi connectivity index (χ0v) is 11.1. The normalized spacial score (nSPS) is 19.2. The molecule has 1 aromatic rings. The third-order valence-corrected chi connectivity index (χ3v) is 3.80. The molecule has 18 heavy (non-hydrogen) atoms. The molecule has 1 fully saturated rings. The first-order valence-corrected chi connectivity index (χ1v) is 7.11. The molecule has 0 saturated heterocycles. The summed E-state index contributed by atoms with van der Waals surface area (Å²) in [6.07, 6.45) is 11.4. The van der Waals surface area contributed by atoms with Crippen molar-refractivity contribution in [3.63, 3.8) is 0 Å². The second kappa shape index (κ2) is 6.57. The first-order valence-electron chi connectivity index (χ1n) is 7.11. The van der Waals surface area contributed by atoms with Gasteiger partial charge in [-0.15, -0.1) is 0 Å². The predicted molar refractivity (Wildman–Crippen MR) is 71.0 cm³/mol. The molecule has 4 heteroatoms. The van der Waals surface area contributed by atoms with Crippen molar-refractivity contribution in [2.45, 2.75) is 57.9 Å². The molecule has 0 aromatic carbocycles. The van der Waals surface area contributed by atoms with E-state index in [2.05, 4.69) is 22.2 Å². The summed E-state index contributed by atoms with van der Waals surface area (Å²) in [5, 5.41) is 3.13. The number of aromatic amines is 1. The van der Waals surface area contributed by atoms with E-state index in [1.54, 1.807) is 12.4 Å². The minimum Gasteiger partial charge on any atom is -0.347 e. The van der Waals surface area contributed by atoms with E-state index in [1.807, 2.05) is 0 Å². The van der Waals surface area contributed by atoms with Crippen molar-refractivity contribution in [1.29, 1.82) is 0 Å². The van der Waals surface area contributed by atoms with Gasteiger partial charge in [-0.25, -0.2) is 4.98 Å². The molecule has 1 unspecified atom stereocenters. The van der Waals surface area contributed by atoms with Crippen LogP contribution in [-0.2, 0) is 4.79 Å². The highest BCUT2D eigenvalue weighted by Gasteiger charge is 2.23. The van der Waals surface area contributed by atoms with Crippen molar-refractivity contribution in [2.75, 3.05) is 0 Å². The minimum absolute atomic E-state index is 0.0238. The molecule has 1 atom stereocenters. The predicted octanol–water partition coefficient (Wildman–Crippen LogP) is 2.95. The van der Waals surface area contributed by atoms with Crippen LogP contribution in [0.15, 0.2) is 12.4 Å². The lowest BCUT2D eigenvalue weighted by atomic mass is 9.99. The highest BCUT2D eigenvalue weighted by molar-refractivity contribution is 5.79. The van der Waals surface area contributed by atoms with Crippen LogP contribution in [0.3, 0.4) is 0 Å². The van der Waals surface area contributed by atoms with E-state index in [0.717, 1.165) is 25.1 Å². The largest absolute Gasteiger partial charge is 0.347 e. The van der Waals surface area contributed by atoms with Gasteiger partial charge in [-0.1, -0.05) is 32.6 Å². The maximum absolute atomic E-state index is 12.3. The highest BCUT2D eigenvalue weighted by Crippen LogP contribution is 2.24. The lowest BCUT2D eigenvalue weighted by Crippen LogP contribution is -2.34. The van der Waals surface area contributed by atoms with Crippen LogP contribution in [0.1, 0.15) is 63.7 Å². The number of nitrogens with zero attached hydrogens (tertiary/aromatic N) is 1. The minimum atomic E-state index is 0.0238. The van der Waals surface area contributed by atoms with Gasteiger partial charge in [0, 0.05) is 18.3 Å². The molecule has 1 heterocycles. The molecule has 100 valence electrons. The first-order chi connectivity index (χ1) is 8.81. The Hall–Kier alpha value is -1.32. The lowest BCUT2D eigenvalue weighted by Gasteiger charge is -2.19. The van der Waals surface area contributed by atoms with Gasteiger partial charge in [0.05, 0.1) is 6.04 Å². The van der Waals surface area contributed by atoms with Gasteiger partial charge in [0.2, 0.25) is 5.91 Å². The van der Waals surface area contributed by atoms with E-state index < -0.39 is 0 Å². The SMILES string of the molecule is CCC(NC(=O)C1CCCCCC1)c1ncc[nH]1. The standard InChI is InChI=1S/C14H23N3O/c1-2-12(13-15-9-10-16-13)17-14(18)11-7-5-3-4-6-8-11/h9-12H,2-8H2,1H3,(H,15,16)(H,17,18). The van der Waals surface area contributed by atoms with Crippen LogP contribution in [0.25, 0.3) is 0 Å². The Morgan fingerprint density at radius 1 is 1.44 bits per heavy atom. The highest BCUT2D eigenvalue weighted by atomic mass is 16.1. The zero-order chi connectivity index (χ0) is 12.8. The number of amides is 1. The van der Waals surface area contributed by atoms with Gasteiger partial charge in [-0.3, -0.25) is 4.79 Å². The number of imidazole rings is 1. The zero-order valence-electron chi connectivity index (χ0n) is 11.1. The van der Waals surface area contributed by atoms with E-state index in [9.17, 15) is 4.79 Å². The van der Waals surface area contributed by atoms with Crippen LogP contribution in [-0.4, -0.2) is 15.9 Å². The Morgan fingerprint density at radius 2 is 2.17 bits per heavy atom. The number of hydrogen-bond acceptors (Lipinski definition) is 2. The van der Waals surface area contributed by atoms with E-state index in [0.29, 0.717) is 0 Å². The van der Waals surface area contributed by atoms with Gasteiger partial charge in [0.1, 0.15) is 5.82 Å². The van der Waals surface area contributed by atoms with Crippen LogP contribution < -0.4 is 5.32 Å². The molecule has 0 spiro atoms. The Bertz CT molecular complexity index is 353. The van der Waals surface area contributed by atoms with Crippen LogP contribution in [0.2, 0.25) is 0 Å². The topological polar surface area (TPSA) is 57.8 Å². The maximum atomic E-state index is 12.3. The molecule has 4 nitrogen and oxygen atoms in total. The molecule has 1 aliphatic carbocycles. The fourth-order valence-corrected chi connectivity index (χ4v) is 2.66. The van der Waals surface area contributed by atoms with Gasteiger partial charge in [0.25, 0.3) is 0 Å². The third-order valence-electron chi connectivity index (χ3n) is 3.80. The summed E-state index contributed by atoms with van der Waals surface area (Å²) in [6.45, 7) is 2.07. The van der Waals surface area contributed by atoms with Gasteiger partial charge >= 0.3 is 0 Å². The smallest absolute Gasteiger partial charge is 0.223 e. The average Bonchev–Trinajstić information content (AvgIpc) is 2.77. The Morgan fingerprint density at radius 3 is 2.72 bits per heavy atom. The molecule has 1 aromatic heterocycles. The maximum Gasteiger partial charge on any atom is 0.223 e. The summed E-state index contributed by atoms with van der Waals surface area (Å²) in [7, 11) is 0. The molecule has 0 radical (unpaired) electrons. The molecule has 0 bridgehead atoms. The van der Waals surface area contributed by atoms with Crippen LogP contribution in [0, 0.1) is 5.92 Å². The van der Waals surface area contributed by atoms with Gasteiger partial charge < -0.3 is 10.3 Å². The lowest BCUT2D eigenvalue weighted by molar-refractivity contribution is -0.126. The van der Waals surface area contributed by atoms with Crippen molar-refractivity contribution in [2.24, 2.45) is 5.92 Å². The van der Waals surface area contributed by atoms with E-state index in [4.69, 9.17) is 0 Å². The van der Waals surface area contributed by atoms with Crippen LogP contribution >= 0.6 is 0 Å². The summed E-state index contributed by atoms with van der Waals surface area (Å²) in [4.78, 5) is 19.6. The van der Waals surface area contributed by atoms with Crippen molar-refractivity contribution in [3.05, 3.63) is 18.2 Å². The fraction of sp³-hybridized carbons (Fsp3) is 0.714. The number of hydrogen-bond donors (Lipinski definition) is 2.